The van der Waals surface area contributed by atoms with Crippen LogP contribution in [0, 0.1) is 6.92 Å². The van der Waals surface area contributed by atoms with E-state index in [1.54, 1.807) is 6.20 Å². The van der Waals surface area contributed by atoms with E-state index in [1.807, 2.05) is 37.1 Å². The molecule has 1 amide bonds. The highest BCUT2D eigenvalue weighted by Gasteiger charge is 2.11. The van der Waals surface area contributed by atoms with Crippen molar-refractivity contribution in [1.29, 1.82) is 0 Å². The normalized spacial score (nSPS) is 10.4. The number of anilines is 2. The van der Waals surface area contributed by atoms with Crippen LogP contribution in [0.4, 0.5) is 11.5 Å². The number of hydrogen-bond acceptors (Lipinski definition) is 4. The minimum atomic E-state index is -0.259. The van der Waals surface area contributed by atoms with Crippen LogP contribution in [0.25, 0.3) is 0 Å². The average Bonchev–Trinajstić information content (AvgIpc) is 2.55. The maximum atomic E-state index is 12.3. The highest BCUT2D eigenvalue weighted by atomic mass is 79.9. The van der Waals surface area contributed by atoms with Gasteiger partial charge in [0.25, 0.3) is 5.91 Å². The average molecular weight is 377 g/mol. The number of rotatable bonds is 6. The van der Waals surface area contributed by atoms with Crippen molar-refractivity contribution in [3.8, 4) is 0 Å². The van der Waals surface area contributed by atoms with Gasteiger partial charge in [0, 0.05) is 23.8 Å². The van der Waals surface area contributed by atoms with Gasteiger partial charge in [-0.2, -0.15) is 0 Å². The van der Waals surface area contributed by atoms with Crippen LogP contribution in [-0.4, -0.2) is 29.5 Å². The molecular formula is C17H21BrN4O. The molecule has 0 aliphatic rings. The highest BCUT2D eigenvalue weighted by Crippen LogP contribution is 2.20. The summed E-state index contributed by atoms with van der Waals surface area (Å²) in [5.41, 5.74) is 2.06. The van der Waals surface area contributed by atoms with Crippen molar-refractivity contribution in [2.45, 2.75) is 26.7 Å². The second-order valence-electron chi connectivity index (χ2n) is 5.45. The topological polar surface area (TPSA) is 58.1 Å². The van der Waals surface area contributed by atoms with E-state index in [-0.39, 0.29) is 5.91 Å². The number of nitrogens with zero attached hydrogens (tertiary/aromatic N) is 3. The molecular weight excluding hydrogens is 356 g/mol. The van der Waals surface area contributed by atoms with Crippen LogP contribution in [0.5, 0.6) is 0 Å². The van der Waals surface area contributed by atoms with Crippen LogP contribution in [0.3, 0.4) is 0 Å². The monoisotopic (exact) mass is 376 g/mol. The molecule has 2 rings (SSSR count). The Kier molecular flexibility index (Phi) is 6.10. The Bertz CT molecular complexity index is 673. The van der Waals surface area contributed by atoms with Gasteiger partial charge < -0.3 is 10.2 Å². The summed E-state index contributed by atoms with van der Waals surface area (Å²) in [6.07, 6.45) is 5.38. The molecule has 6 heteroatoms. The number of aryl methyl sites for hydroxylation is 1. The first kappa shape index (κ1) is 17.4. The second-order valence-corrected chi connectivity index (χ2v) is 6.36. The summed E-state index contributed by atoms with van der Waals surface area (Å²) < 4.78 is 0.979. The number of nitrogens with one attached hydrogen (secondary N) is 1. The zero-order valence-electron chi connectivity index (χ0n) is 13.6. The van der Waals surface area contributed by atoms with Crippen molar-refractivity contribution in [2.75, 3.05) is 23.8 Å². The SMILES string of the molecule is CCCCN(C)c1cnc(C(=O)Nc2ccc(Br)cc2C)cn1. The van der Waals surface area contributed by atoms with E-state index in [9.17, 15) is 4.79 Å². The first-order chi connectivity index (χ1) is 11.0. The van der Waals surface area contributed by atoms with Gasteiger partial charge in [0.2, 0.25) is 0 Å². The molecule has 122 valence electrons. The zero-order valence-corrected chi connectivity index (χ0v) is 15.2. The van der Waals surface area contributed by atoms with E-state index in [0.717, 1.165) is 40.9 Å². The van der Waals surface area contributed by atoms with E-state index in [2.05, 4.69) is 38.1 Å². The molecule has 0 bridgehead atoms. The number of benzene rings is 1. The smallest absolute Gasteiger partial charge is 0.275 e. The lowest BCUT2D eigenvalue weighted by atomic mass is 10.2. The summed E-state index contributed by atoms with van der Waals surface area (Å²) in [7, 11) is 1.98. The number of carbonyl (C=O) groups is 1. The number of carbonyl (C=O) groups excluding carboxylic acids is 1. The molecule has 0 spiro atoms. The molecule has 0 fully saturated rings. The Hall–Kier alpha value is -1.95. The summed E-state index contributed by atoms with van der Waals surface area (Å²) in [4.78, 5) is 22.9. The van der Waals surface area contributed by atoms with Gasteiger partial charge in [0.05, 0.1) is 12.4 Å². The lowest BCUT2D eigenvalue weighted by molar-refractivity contribution is 0.102. The molecule has 1 N–H and O–H groups in total. The third kappa shape index (κ3) is 4.76. The molecule has 0 unspecified atom stereocenters. The zero-order chi connectivity index (χ0) is 16.8. The Morgan fingerprint density at radius 3 is 2.70 bits per heavy atom. The molecule has 2 aromatic rings. The first-order valence-corrected chi connectivity index (χ1v) is 8.41. The molecule has 23 heavy (non-hydrogen) atoms. The maximum Gasteiger partial charge on any atom is 0.275 e. The number of unbranched alkanes of at least 4 members (excludes halogenated alkanes) is 1. The van der Waals surface area contributed by atoms with E-state index < -0.39 is 0 Å². The standard InChI is InChI=1S/C17H21BrN4O/c1-4-5-8-22(3)16-11-19-15(10-20-16)17(23)21-14-7-6-13(18)9-12(14)2/h6-7,9-11H,4-5,8H2,1-3H3,(H,21,23). The van der Waals surface area contributed by atoms with Gasteiger partial charge in [-0.25, -0.2) is 9.97 Å². The molecule has 0 atom stereocenters. The molecule has 1 aromatic heterocycles. The van der Waals surface area contributed by atoms with Crippen LogP contribution >= 0.6 is 15.9 Å². The second kappa shape index (κ2) is 8.06. The molecule has 0 saturated carbocycles. The van der Waals surface area contributed by atoms with Gasteiger partial charge in [0.15, 0.2) is 0 Å². The number of halogens is 1. The third-order valence-corrected chi connectivity index (χ3v) is 4.04. The summed E-state index contributed by atoms with van der Waals surface area (Å²) >= 11 is 3.41. The minimum absolute atomic E-state index is 0.259. The van der Waals surface area contributed by atoms with Crippen molar-refractivity contribution >= 4 is 33.3 Å². The first-order valence-electron chi connectivity index (χ1n) is 7.62. The lowest BCUT2D eigenvalue weighted by Gasteiger charge is -2.17. The Morgan fingerprint density at radius 1 is 1.30 bits per heavy atom. The van der Waals surface area contributed by atoms with Gasteiger partial charge >= 0.3 is 0 Å². The van der Waals surface area contributed by atoms with Crippen molar-refractivity contribution in [3.05, 3.63) is 46.3 Å². The fourth-order valence-electron chi connectivity index (χ4n) is 2.10. The quantitative estimate of drug-likeness (QED) is 0.826. The maximum absolute atomic E-state index is 12.3. The van der Waals surface area contributed by atoms with Crippen LogP contribution in [-0.2, 0) is 0 Å². The molecule has 0 aliphatic carbocycles. The molecule has 1 aromatic carbocycles. The summed E-state index contributed by atoms with van der Waals surface area (Å²) in [5, 5.41) is 2.86. The third-order valence-electron chi connectivity index (χ3n) is 3.55. The Morgan fingerprint density at radius 2 is 2.09 bits per heavy atom. The predicted octanol–water partition coefficient (Wildman–Crippen LogP) is 4.04. The predicted molar refractivity (Wildman–Crippen MR) is 97.0 cm³/mol. The van der Waals surface area contributed by atoms with Gasteiger partial charge in [-0.05, 0) is 37.1 Å². The van der Waals surface area contributed by atoms with E-state index in [4.69, 9.17) is 0 Å². The van der Waals surface area contributed by atoms with Gasteiger partial charge in [0.1, 0.15) is 11.5 Å². The highest BCUT2D eigenvalue weighted by molar-refractivity contribution is 9.10. The van der Waals surface area contributed by atoms with Crippen molar-refractivity contribution in [3.63, 3.8) is 0 Å². The molecule has 0 radical (unpaired) electrons. The number of hydrogen-bond donors (Lipinski definition) is 1. The largest absolute Gasteiger partial charge is 0.358 e. The lowest BCUT2D eigenvalue weighted by Crippen LogP contribution is -2.21. The summed E-state index contributed by atoms with van der Waals surface area (Å²) in [6, 6.07) is 5.70. The van der Waals surface area contributed by atoms with Gasteiger partial charge in [-0.3, -0.25) is 4.79 Å². The molecule has 1 heterocycles. The van der Waals surface area contributed by atoms with E-state index in [0.29, 0.717) is 5.69 Å². The van der Waals surface area contributed by atoms with Gasteiger partial charge in [-0.15, -0.1) is 0 Å². The van der Waals surface area contributed by atoms with Crippen molar-refractivity contribution in [2.24, 2.45) is 0 Å². The van der Waals surface area contributed by atoms with Gasteiger partial charge in [-0.1, -0.05) is 29.3 Å². The molecule has 0 aliphatic heterocycles. The fraction of sp³-hybridized carbons (Fsp3) is 0.353. The van der Waals surface area contributed by atoms with E-state index in [1.165, 1.54) is 6.20 Å². The summed E-state index contributed by atoms with van der Waals surface area (Å²) in [5.74, 6) is 0.514. The van der Waals surface area contributed by atoms with Crippen LogP contribution in [0.1, 0.15) is 35.8 Å². The van der Waals surface area contributed by atoms with Crippen molar-refractivity contribution in [1.82, 2.24) is 9.97 Å². The number of amides is 1. The molecule has 0 saturated heterocycles. The van der Waals surface area contributed by atoms with Crippen LogP contribution in [0.15, 0.2) is 35.1 Å². The summed E-state index contributed by atoms with van der Waals surface area (Å²) in [6.45, 7) is 5.02. The number of aromatic nitrogens is 2. The minimum Gasteiger partial charge on any atom is -0.358 e. The van der Waals surface area contributed by atoms with Crippen LogP contribution in [0.2, 0.25) is 0 Å². The fourth-order valence-corrected chi connectivity index (χ4v) is 2.57. The van der Waals surface area contributed by atoms with Crippen LogP contribution < -0.4 is 10.2 Å². The molecule has 5 nitrogen and oxygen atoms in total. The van der Waals surface area contributed by atoms with E-state index >= 15 is 0 Å². The Balaban J connectivity index is 2.05. The Labute approximate surface area is 145 Å². The van der Waals surface area contributed by atoms with Crippen molar-refractivity contribution < 1.29 is 4.79 Å².